The first-order chi connectivity index (χ1) is 12.7. The lowest BCUT2D eigenvalue weighted by Gasteiger charge is -2.29. The number of piperazine rings is 1. The van der Waals surface area contributed by atoms with E-state index in [0.717, 1.165) is 37.8 Å². The van der Waals surface area contributed by atoms with E-state index >= 15 is 0 Å². The van der Waals surface area contributed by atoms with Crippen LogP contribution in [0.15, 0.2) is 48.5 Å². The zero-order valence-electron chi connectivity index (χ0n) is 14.8. The number of benzene rings is 2. The maximum Gasteiger partial charge on any atom is 0.137 e. The molecule has 0 bridgehead atoms. The van der Waals surface area contributed by atoms with Gasteiger partial charge in [0.05, 0.1) is 0 Å². The molecule has 0 unspecified atom stereocenters. The highest BCUT2D eigenvalue weighted by molar-refractivity contribution is 6.31. The second-order valence-electron chi connectivity index (χ2n) is 6.61. The first-order valence-corrected chi connectivity index (χ1v) is 9.88. The van der Waals surface area contributed by atoms with Crippen LogP contribution < -0.4 is 19.3 Å². The Bertz CT molecular complexity index is 632. The Morgan fingerprint density at radius 2 is 1.12 bits per heavy atom. The summed E-state index contributed by atoms with van der Waals surface area (Å²) in [6.45, 7) is 8.19. The highest BCUT2D eigenvalue weighted by atomic mass is 35.5. The van der Waals surface area contributed by atoms with Crippen molar-refractivity contribution < 1.29 is 19.3 Å². The summed E-state index contributed by atoms with van der Waals surface area (Å²) in [6.07, 6.45) is 0. The molecule has 140 valence electrons. The molecule has 2 aromatic rings. The average molecular weight is 397 g/mol. The minimum atomic E-state index is 0.715. The molecule has 1 saturated heterocycles. The Balaban J connectivity index is 1.29. The molecule has 0 saturated carbocycles. The minimum absolute atomic E-state index is 0.715. The molecule has 0 amide bonds. The van der Waals surface area contributed by atoms with Crippen LogP contribution in [0.5, 0.6) is 11.5 Å². The standard InChI is InChI=1S/C20H24Cl2N2O2/c21-17-3-1-5-19(15-17)25-13-11-23-7-9-24(10-8-23)12-14-26-20-6-2-4-18(22)16-20/h1-6,15-16H,7-14H2/p+2. The largest absolute Gasteiger partial charge is 0.488 e. The van der Waals surface area contributed by atoms with Crippen LogP contribution in [0.3, 0.4) is 0 Å². The molecule has 3 rings (SSSR count). The number of ether oxygens (including phenoxy) is 2. The van der Waals surface area contributed by atoms with Gasteiger partial charge in [0.25, 0.3) is 0 Å². The van der Waals surface area contributed by atoms with E-state index in [2.05, 4.69) is 0 Å². The normalized spacial score (nSPS) is 19.9. The van der Waals surface area contributed by atoms with Crippen LogP contribution >= 0.6 is 23.2 Å². The van der Waals surface area contributed by atoms with Gasteiger partial charge in [-0.25, -0.2) is 0 Å². The Labute approximate surface area is 165 Å². The third kappa shape index (κ3) is 6.36. The molecular weight excluding hydrogens is 371 g/mol. The lowest BCUT2D eigenvalue weighted by Crippen LogP contribution is -3.28. The zero-order chi connectivity index (χ0) is 18.2. The van der Waals surface area contributed by atoms with Crippen LogP contribution in [-0.2, 0) is 0 Å². The Hall–Kier alpha value is -1.46. The van der Waals surface area contributed by atoms with Gasteiger partial charge in [-0.3, -0.25) is 0 Å². The summed E-state index contributed by atoms with van der Waals surface area (Å²) in [4.78, 5) is 3.21. The van der Waals surface area contributed by atoms with Crippen molar-refractivity contribution in [3.8, 4) is 11.5 Å². The number of halogens is 2. The van der Waals surface area contributed by atoms with Crippen molar-refractivity contribution in [2.45, 2.75) is 0 Å². The van der Waals surface area contributed by atoms with Crippen molar-refractivity contribution in [2.24, 2.45) is 0 Å². The molecular formula is C20H26Cl2N2O2+2. The number of hydrogen-bond donors (Lipinski definition) is 2. The van der Waals surface area contributed by atoms with Gasteiger partial charge in [-0.2, -0.15) is 0 Å². The molecule has 0 radical (unpaired) electrons. The molecule has 1 heterocycles. The lowest BCUT2D eigenvalue weighted by molar-refractivity contribution is -1.01. The summed E-state index contributed by atoms with van der Waals surface area (Å²) >= 11 is 11.9. The number of rotatable bonds is 8. The molecule has 0 aliphatic carbocycles. The van der Waals surface area contributed by atoms with Gasteiger partial charge >= 0.3 is 0 Å². The van der Waals surface area contributed by atoms with E-state index < -0.39 is 0 Å². The first-order valence-electron chi connectivity index (χ1n) is 9.13. The Morgan fingerprint density at radius 1 is 0.692 bits per heavy atom. The van der Waals surface area contributed by atoms with E-state index in [4.69, 9.17) is 32.7 Å². The van der Waals surface area contributed by atoms with Crippen LogP contribution in [-0.4, -0.2) is 52.5 Å². The van der Waals surface area contributed by atoms with E-state index in [1.165, 1.54) is 26.2 Å². The zero-order valence-corrected chi connectivity index (χ0v) is 16.4. The molecule has 1 aliphatic heterocycles. The fourth-order valence-electron chi connectivity index (χ4n) is 3.20. The lowest BCUT2D eigenvalue weighted by atomic mass is 10.3. The van der Waals surface area contributed by atoms with Gasteiger partial charge in [0.1, 0.15) is 64.0 Å². The fraction of sp³-hybridized carbons (Fsp3) is 0.400. The summed E-state index contributed by atoms with van der Waals surface area (Å²) in [6, 6.07) is 15.2. The summed E-state index contributed by atoms with van der Waals surface area (Å²) in [7, 11) is 0. The van der Waals surface area contributed by atoms with E-state index in [1.54, 1.807) is 9.80 Å². The highest BCUT2D eigenvalue weighted by Crippen LogP contribution is 2.17. The summed E-state index contributed by atoms with van der Waals surface area (Å²) in [5.74, 6) is 1.69. The molecule has 0 spiro atoms. The van der Waals surface area contributed by atoms with Gasteiger partial charge in [-0.1, -0.05) is 35.3 Å². The van der Waals surface area contributed by atoms with Gasteiger partial charge in [0, 0.05) is 10.0 Å². The van der Waals surface area contributed by atoms with Crippen LogP contribution in [0.2, 0.25) is 10.0 Å². The predicted octanol–water partition coefficient (Wildman–Crippen LogP) is 1.23. The van der Waals surface area contributed by atoms with Gasteiger partial charge in [0.2, 0.25) is 0 Å². The van der Waals surface area contributed by atoms with Crippen LogP contribution in [0.1, 0.15) is 0 Å². The Kier molecular flexibility index (Phi) is 7.44. The maximum absolute atomic E-state index is 5.97. The molecule has 1 fully saturated rings. The summed E-state index contributed by atoms with van der Waals surface area (Å²) in [5, 5.41) is 1.43. The monoisotopic (exact) mass is 396 g/mol. The van der Waals surface area contributed by atoms with Crippen molar-refractivity contribution in [1.82, 2.24) is 0 Å². The quantitative estimate of drug-likeness (QED) is 0.702. The predicted molar refractivity (Wildman–Crippen MR) is 105 cm³/mol. The molecule has 2 N–H and O–H groups in total. The molecule has 6 heteroatoms. The molecule has 0 atom stereocenters. The van der Waals surface area contributed by atoms with Gasteiger partial charge in [-0.05, 0) is 36.4 Å². The molecule has 2 aromatic carbocycles. The summed E-state index contributed by atoms with van der Waals surface area (Å²) in [5.41, 5.74) is 0. The first kappa shape index (κ1) is 19.3. The van der Waals surface area contributed by atoms with Crippen molar-refractivity contribution in [1.29, 1.82) is 0 Å². The highest BCUT2D eigenvalue weighted by Gasteiger charge is 2.22. The van der Waals surface area contributed by atoms with E-state index in [9.17, 15) is 0 Å². The number of quaternary nitrogens is 2. The molecule has 4 nitrogen and oxygen atoms in total. The third-order valence-corrected chi connectivity index (χ3v) is 5.18. The average Bonchev–Trinajstić information content (AvgIpc) is 2.63. The smallest absolute Gasteiger partial charge is 0.137 e. The van der Waals surface area contributed by atoms with Crippen LogP contribution in [0.25, 0.3) is 0 Å². The molecule has 0 aromatic heterocycles. The van der Waals surface area contributed by atoms with E-state index in [-0.39, 0.29) is 0 Å². The van der Waals surface area contributed by atoms with Crippen LogP contribution in [0, 0.1) is 0 Å². The van der Waals surface area contributed by atoms with Crippen molar-refractivity contribution in [3.05, 3.63) is 58.6 Å². The molecule has 26 heavy (non-hydrogen) atoms. The second-order valence-corrected chi connectivity index (χ2v) is 7.48. The fourth-order valence-corrected chi connectivity index (χ4v) is 3.56. The number of hydrogen-bond acceptors (Lipinski definition) is 2. The topological polar surface area (TPSA) is 27.3 Å². The summed E-state index contributed by atoms with van der Waals surface area (Å²) < 4.78 is 11.6. The van der Waals surface area contributed by atoms with Crippen LogP contribution in [0.4, 0.5) is 0 Å². The second kappa shape index (κ2) is 10.0. The van der Waals surface area contributed by atoms with Crippen molar-refractivity contribution in [2.75, 3.05) is 52.5 Å². The maximum atomic E-state index is 5.97. The number of nitrogens with one attached hydrogen (secondary N) is 2. The minimum Gasteiger partial charge on any atom is -0.488 e. The molecule has 1 aliphatic rings. The van der Waals surface area contributed by atoms with Gasteiger partial charge in [-0.15, -0.1) is 0 Å². The Morgan fingerprint density at radius 3 is 1.50 bits per heavy atom. The van der Waals surface area contributed by atoms with E-state index in [1.807, 2.05) is 48.5 Å². The van der Waals surface area contributed by atoms with Crippen molar-refractivity contribution in [3.63, 3.8) is 0 Å². The van der Waals surface area contributed by atoms with Crippen molar-refractivity contribution >= 4 is 23.2 Å². The SMILES string of the molecule is Clc1cccc(OCC[NH+]2CC[NH+](CCOc3cccc(Cl)c3)CC2)c1. The van der Waals surface area contributed by atoms with E-state index in [0.29, 0.717) is 10.0 Å². The third-order valence-electron chi connectivity index (χ3n) is 4.71. The van der Waals surface area contributed by atoms with Gasteiger partial charge in [0.15, 0.2) is 0 Å². The van der Waals surface area contributed by atoms with Gasteiger partial charge < -0.3 is 19.3 Å².